The molecule has 0 unspecified atom stereocenters. The SMILES string of the molecule is CC(C)(O)C#Cc1cccc(C(=O)N2C[C@@H](O)[C@H](F)C2)c1. The minimum atomic E-state index is -1.40. The third-order valence-electron chi connectivity index (χ3n) is 3.13. The highest BCUT2D eigenvalue weighted by Gasteiger charge is 2.34. The van der Waals surface area contributed by atoms with Gasteiger partial charge in [0, 0.05) is 17.7 Å². The van der Waals surface area contributed by atoms with Crippen molar-refractivity contribution < 1.29 is 19.4 Å². The van der Waals surface area contributed by atoms with Gasteiger partial charge >= 0.3 is 0 Å². The number of hydrogen-bond acceptors (Lipinski definition) is 3. The molecule has 112 valence electrons. The Morgan fingerprint density at radius 3 is 2.71 bits per heavy atom. The number of amides is 1. The van der Waals surface area contributed by atoms with E-state index >= 15 is 0 Å². The van der Waals surface area contributed by atoms with E-state index in [1.54, 1.807) is 38.1 Å². The molecule has 1 aromatic rings. The molecule has 0 aromatic heterocycles. The van der Waals surface area contributed by atoms with E-state index in [-0.39, 0.29) is 19.0 Å². The van der Waals surface area contributed by atoms with E-state index in [1.165, 1.54) is 4.90 Å². The van der Waals surface area contributed by atoms with Gasteiger partial charge in [-0.05, 0) is 32.0 Å². The molecule has 0 aliphatic carbocycles. The van der Waals surface area contributed by atoms with Gasteiger partial charge in [0.25, 0.3) is 5.91 Å². The summed E-state index contributed by atoms with van der Waals surface area (Å²) in [5.41, 5.74) is -0.126. The third kappa shape index (κ3) is 4.03. The number of β-amino-alcohol motifs (C(OH)–C–C–N with tert-alkyl or cyclic N) is 1. The quantitative estimate of drug-likeness (QED) is 0.758. The standard InChI is InChI=1S/C16H18FNO3/c1-16(2,21)7-6-11-4-3-5-12(8-11)15(20)18-9-13(17)14(19)10-18/h3-5,8,13-14,19,21H,9-10H2,1-2H3/t13-,14-/m1/s1. The number of aliphatic hydroxyl groups excluding tert-OH is 1. The Morgan fingerprint density at radius 2 is 2.14 bits per heavy atom. The van der Waals surface area contributed by atoms with Crippen LogP contribution in [-0.2, 0) is 0 Å². The van der Waals surface area contributed by atoms with Crippen LogP contribution in [0.15, 0.2) is 24.3 Å². The molecule has 0 bridgehead atoms. The summed E-state index contributed by atoms with van der Waals surface area (Å²) in [7, 11) is 0. The lowest BCUT2D eigenvalue weighted by Crippen LogP contribution is -2.29. The molecule has 0 spiro atoms. The fourth-order valence-electron chi connectivity index (χ4n) is 2.05. The number of rotatable bonds is 1. The van der Waals surface area contributed by atoms with E-state index in [0.717, 1.165) is 0 Å². The zero-order valence-electron chi connectivity index (χ0n) is 12.0. The number of halogens is 1. The largest absolute Gasteiger partial charge is 0.388 e. The van der Waals surface area contributed by atoms with E-state index in [0.29, 0.717) is 11.1 Å². The van der Waals surface area contributed by atoms with Crippen LogP contribution in [0.5, 0.6) is 0 Å². The van der Waals surface area contributed by atoms with Crippen LogP contribution in [0.3, 0.4) is 0 Å². The molecule has 1 fully saturated rings. The highest BCUT2D eigenvalue weighted by Crippen LogP contribution is 2.17. The smallest absolute Gasteiger partial charge is 0.254 e. The lowest BCUT2D eigenvalue weighted by molar-refractivity contribution is 0.0764. The minimum absolute atomic E-state index is 0.000419. The number of hydrogen-bond donors (Lipinski definition) is 2. The minimum Gasteiger partial charge on any atom is -0.388 e. The van der Waals surface area contributed by atoms with Gasteiger partial charge in [0.2, 0.25) is 0 Å². The van der Waals surface area contributed by atoms with Crippen molar-refractivity contribution in [1.29, 1.82) is 0 Å². The summed E-state index contributed by atoms with van der Waals surface area (Å²) in [5, 5.41) is 18.9. The fourth-order valence-corrected chi connectivity index (χ4v) is 2.05. The van der Waals surface area contributed by atoms with Crippen molar-refractivity contribution in [3.05, 3.63) is 35.4 Å². The number of aliphatic hydroxyl groups is 2. The van der Waals surface area contributed by atoms with Crippen LogP contribution in [0.2, 0.25) is 0 Å². The first-order chi connectivity index (χ1) is 9.76. The normalized spacial score (nSPS) is 21.9. The van der Waals surface area contributed by atoms with E-state index in [2.05, 4.69) is 11.8 Å². The molecule has 1 amide bonds. The van der Waals surface area contributed by atoms with Crippen molar-refractivity contribution >= 4 is 5.91 Å². The summed E-state index contributed by atoms with van der Waals surface area (Å²) in [5.74, 6) is 5.13. The van der Waals surface area contributed by atoms with Gasteiger partial charge in [-0.25, -0.2) is 4.39 Å². The van der Waals surface area contributed by atoms with E-state index in [9.17, 15) is 19.4 Å². The summed E-state index contributed by atoms with van der Waals surface area (Å²) in [6.45, 7) is 3.04. The van der Waals surface area contributed by atoms with Gasteiger partial charge in [-0.3, -0.25) is 4.79 Å². The molecule has 4 nitrogen and oxygen atoms in total. The molecule has 1 heterocycles. The van der Waals surface area contributed by atoms with Gasteiger partial charge in [0.05, 0.1) is 6.54 Å². The zero-order chi connectivity index (χ0) is 15.6. The molecule has 2 rings (SSSR count). The van der Waals surface area contributed by atoms with Gasteiger partial charge in [-0.1, -0.05) is 17.9 Å². The first-order valence-corrected chi connectivity index (χ1v) is 6.73. The number of carbonyl (C=O) groups is 1. The lowest BCUT2D eigenvalue weighted by atomic mass is 10.1. The maximum Gasteiger partial charge on any atom is 0.254 e. The highest BCUT2D eigenvalue weighted by atomic mass is 19.1. The van der Waals surface area contributed by atoms with Crippen LogP contribution >= 0.6 is 0 Å². The van der Waals surface area contributed by atoms with Crippen LogP contribution in [0, 0.1) is 11.8 Å². The number of nitrogens with zero attached hydrogens (tertiary/aromatic N) is 1. The molecule has 1 aliphatic heterocycles. The topological polar surface area (TPSA) is 60.8 Å². The van der Waals surface area contributed by atoms with Crippen molar-refractivity contribution in [2.45, 2.75) is 31.7 Å². The molecular weight excluding hydrogens is 273 g/mol. The van der Waals surface area contributed by atoms with Gasteiger partial charge in [0.15, 0.2) is 0 Å². The predicted molar refractivity (Wildman–Crippen MR) is 76.4 cm³/mol. The molecule has 1 saturated heterocycles. The number of carbonyl (C=O) groups excluding carboxylic acids is 1. The second-order valence-corrected chi connectivity index (χ2v) is 5.68. The summed E-state index contributed by atoms with van der Waals surface area (Å²) in [6.07, 6.45) is -2.51. The van der Waals surface area contributed by atoms with Crippen molar-refractivity contribution in [2.24, 2.45) is 0 Å². The monoisotopic (exact) mass is 291 g/mol. The Kier molecular flexibility index (Phi) is 4.31. The highest BCUT2D eigenvalue weighted by molar-refractivity contribution is 5.94. The second-order valence-electron chi connectivity index (χ2n) is 5.68. The maximum absolute atomic E-state index is 13.3. The van der Waals surface area contributed by atoms with Gasteiger partial charge in [-0.2, -0.15) is 0 Å². The average Bonchev–Trinajstić information content (AvgIpc) is 2.75. The molecule has 1 aromatic carbocycles. The molecule has 2 N–H and O–H groups in total. The average molecular weight is 291 g/mol. The fraction of sp³-hybridized carbons (Fsp3) is 0.438. The third-order valence-corrected chi connectivity index (χ3v) is 3.13. The number of benzene rings is 1. The lowest BCUT2D eigenvalue weighted by Gasteiger charge is -2.15. The molecular formula is C16H18FNO3. The van der Waals surface area contributed by atoms with Crippen LogP contribution in [0.25, 0.3) is 0 Å². The van der Waals surface area contributed by atoms with E-state index in [1.807, 2.05) is 0 Å². The molecule has 1 aliphatic rings. The Hall–Kier alpha value is -1.90. The van der Waals surface area contributed by atoms with Crippen LogP contribution in [0.4, 0.5) is 4.39 Å². The van der Waals surface area contributed by atoms with Crippen LogP contribution in [0.1, 0.15) is 29.8 Å². The van der Waals surface area contributed by atoms with Gasteiger partial charge < -0.3 is 15.1 Å². The summed E-state index contributed by atoms with van der Waals surface area (Å²) < 4.78 is 13.3. The molecule has 0 radical (unpaired) electrons. The molecule has 5 heteroatoms. The molecule has 0 saturated carbocycles. The van der Waals surface area contributed by atoms with E-state index in [4.69, 9.17) is 0 Å². The second kappa shape index (κ2) is 5.84. The van der Waals surface area contributed by atoms with Gasteiger partial charge in [-0.15, -0.1) is 0 Å². The molecule has 2 atom stereocenters. The predicted octanol–water partition coefficient (Wildman–Crippen LogP) is 0.964. The number of likely N-dealkylation sites (tertiary alicyclic amines) is 1. The Balaban J connectivity index is 2.17. The Bertz CT molecular complexity index is 588. The first kappa shape index (κ1) is 15.5. The zero-order valence-corrected chi connectivity index (χ0v) is 12.0. The molecule has 21 heavy (non-hydrogen) atoms. The van der Waals surface area contributed by atoms with Gasteiger partial charge in [0.1, 0.15) is 17.9 Å². The van der Waals surface area contributed by atoms with Crippen molar-refractivity contribution in [3.63, 3.8) is 0 Å². The van der Waals surface area contributed by atoms with Crippen LogP contribution in [-0.4, -0.2) is 52.0 Å². The van der Waals surface area contributed by atoms with Crippen molar-refractivity contribution in [2.75, 3.05) is 13.1 Å². The van der Waals surface area contributed by atoms with Crippen molar-refractivity contribution in [3.8, 4) is 11.8 Å². The maximum atomic E-state index is 13.3. The summed E-state index contributed by atoms with van der Waals surface area (Å²) in [6, 6.07) is 6.63. The summed E-state index contributed by atoms with van der Waals surface area (Å²) in [4.78, 5) is 13.5. The number of alkyl halides is 1. The Labute approximate surface area is 123 Å². The first-order valence-electron chi connectivity index (χ1n) is 6.73. The Morgan fingerprint density at radius 1 is 1.43 bits per heavy atom. The van der Waals surface area contributed by atoms with E-state index < -0.39 is 17.9 Å². The van der Waals surface area contributed by atoms with Crippen LogP contribution < -0.4 is 0 Å². The summed E-state index contributed by atoms with van der Waals surface area (Å²) >= 11 is 0. The van der Waals surface area contributed by atoms with Crippen molar-refractivity contribution in [1.82, 2.24) is 4.90 Å².